The second-order valence-electron chi connectivity index (χ2n) is 11.6. The molecule has 41 heavy (non-hydrogen) atoms. The predicted octanol–water partition coefficient (Wildman–Crippen LogP) is 6.29. The standard InChI is InChI=1S/C31H30FN9/c1-31(2,3)17-37-28-20(12-33)15-36-30-25(21-13-34-18-35-14-21)10-23(11-26(28)30)38-29(19-4-6-22(32)7-5-19)27-16-41(40-39-27)24-8-9-24/h4-7,10-11,13-16,18,24,29,38H,8-9,17H2,1-3H3,(H,36,37). The minimum atomic E-state index is -0.404. The third-order valence-corrected chi connectivity index (χ3v) is 7.02. The van der Waals surface area contributed by atoms with Crippen molar-refractivity contribution in [2.45, 2.75) is 45.7 Å². The molecule has 5 aromatic rings. The molecule has 0 saturated heterocycles. The lowest BCUT2D eigenvalue weighted by Gasteiger charge is -2.23. The maximum absolute atomic E-state index is 13.9. The third kappa shape index (κ3) is 5.70. The van der Waals surface area contributed by atoms with E-state index in [4.69, 9.17) is 4.98 Å². The monoisotopic (exact) mass is 547 g/mol. The molecular formula is C31H30FN9. The van der Waals surface area contributed by atoms with Crippen LogP contribution in [0.15, 0.2) is 67.5 Å². The van der Waals surface area contributed by atoms with Crippen molar-refractivity contribution in [1.82, 2.24) is 29.9 Å². The molecule has 1 atom stereocenters. The van der Waals surface area contributed by atoms with E-state index in [0.717, 1.165) is 51.8 Å². The molecule has 9 nitrogen and oxygen atoms in total. The van der Waals surface area contributed by atoms with Crippen LogP contribution in [-0.2, 0) is 0 Å². The number of benzene rings is 2. The fraction of sp³-hybridized carbons (Fsp3) is 0.290. The third-order valence-electron chi connectivity index (χ3n) is 7.02. The normalized spacial score (nSPS) is 14.0. The average Bonchev–Trinajstić information content (AvgIpc) is 3.71. The van der Waals surface area contributed by atoms with Gasteiger partial charge < -0.3 is 10.6 Å². The molecule has 206 valence electrons. The van der Waals surface area contributed by atoms with Crippen molar-refractivity contribution < 1.29 is 4.39 Å². The number of hydrogen-bond acceptors (Lipinski definition) is 8. The van der Waals surface area contributed by atoms with Gasteiger partial charge in [0.2, 0.25) is 0 Å². The van der Waals surface area contributed by atoms with Crippen LogP contribution in [0.25, 0.3) is 22.0 Å². The Morgan fingerprint density at radius 2 is 1.85 bits per heavy atom. The Morgan fingerprint density at radius 3 is 2.54 bits per heavy atom. The van der Waals surface area contributed by atoms with Crippen LogP contribution in [0, 0.1) is 22.6 Å². The van der Waals surface area contributed by atoms with Crippen molar-refractivity contribution in [3.05, 3.63) is 90.2 Å². The molecule has 2 aromatic carbocycles. The topological polar surface area (TPSA) is 117 Å². The van der Waals surface area contributed by atoms with Crippen molar-refractivity contribution in [3.8, 4) is 17.2 Å². The second kappa shape index (κ2) is 10.6. The number of pyridine rings is 1. The molecule has 3 heterocycles. The van der Waals surface area contributed by atoms with Crippen LogP contribution >= 0.6 is 0 Å². The number of nitriles is 1. The van der Waals surface area contributed by atoms with Crippen molar-refractivity contribution in [2.24, 2.45) is 5.41 Å². The van der Waals surface area contributed by atoms with Crippen molar-refractivity contribution in [2.75, 3.05) is 17.2 Å². The summed E-state index contributed by atoms with van der Waals surface area (Å²) < 4.78 is 15.8. The zero-order valence-electron chi connectivity index (χ0n) is 23.1. The van der Waals surface area contributed by atoms with E-state index < -0.39 is 6.04 Å². The Kier molecular flexibility index (Phi) is 6.79. The number of fused-ring (bicyclic) bond motifs is 1. The fourth-order valence-corrected chi connectivity index (χ4v) is 4.76. The summed E-state index contributed by atoms with van der Waals surface area (Å²) >= 11 is 0. The minimum Gasteiger partial charge on any atom is -0.383 e. The van der Waals surface area contributed by atoms with Gasteiger partial charge in [-0.15, -0.1) is 5.10 Å². The van der Waals surface area contributed by atoms with E-state index in [1.54, 1.807) is 30.7 Å². The summed E-state index contributed by atoms with van der Waals surface area (Å²) in [5.74, 6) is -0.309. The number of aromatic nitrogens is 6. The molecule has 0 amide bonds. The molecule has 0 bridgehead atoms. The predicted molar refractivity (Wildman–Crippen MR) is 156 cm³/mol. The summed E-state index contributed by atoms with van der Waals surface area (Å²) in [4.78, 5) is 13.2. The first-order valence-corrected chi connectivity index (χ1v) is 13.6. The van der Waals surface area contributed by atoms with Gasteiger partial charge in [-0.05, 0) is 48.1 Å². The summed E-state index contributed by atoms with van der Waals surface area (Å²) in [7, 11) is 0. The Morgan fingerprint density at radius 1 is 1.10 bits per heavy atom. The number of hydrogen-bond donors (Lipinski definition) is 2. The van der Waals surface area contributed by atoms with Crippen LogP contribution in [0.2, 0.25) is 0 Å². The molecule has 3 aromatic heterocycles. The Balaban J connectivity index is 1.51. The van der Waals surface area contributed by atoms with Gasteiger partial charge >= 0.3 is 0 Å². The highest BCUT2D eigenvalue weighted by atomic mass is 19.1. The first-order valence-electron chi connectivity index (χ1n) is 13.6. The SMILES string of the molecule is CC(C)(C)CNc1c(C#N)cnc2c(-c3cncnc3)cc(NC(c3ccc(F)cc3)c3cn(C4CC4)nn3)cc12. The van der Waals surface area contributed by atoms with E-state index in [9.17, 15) is 9.65 Å². The quantitative estimate of drug-likeness (QED) is 0.233. The van der Waals surface area contributed by atoms with Gasteiger partial charge in [0.1, 0.15) is 23.9 Å². The molecule has 1 aliphatic carbocycles. The van der Waals surface area contributed by atoms with E-state index >= 15 is 0 Å². The van der Waals surface area contributed by atoms with Crippen LogP contribution in [0.1, 0.15) is 62.5 Å². The highest BCUT2D eigenvalue weighted by Gasteiger charge is 2.27. The van der Waals surface area contributed by atoms with Crippen molar-refractivity contribution in [3.63, 3.8) is 0 Å². The molecular weight excluding hydrogens is 517 g/mol. The van der Waals surface area contributed by atoms with Gasteiger partial charge in [-0.25, -0.2) is 19.0 Å². The Hall–Kier alpha value is -4.91. The average molecular weight is 548 g/mol. The summed E-state index contributed by atoms with van der Waals surface area (Å²) in [6.07, 6.45) is 10.7. The van der Waals surface area contributed by atoms with Crippen molar-refractivity contribution >= 4 is 22.3 Å². The second-order valence-corrected chi connectivity index (χ2v) is 11.6. The van der Waals surface area contributed by atoms with Gasteiger partial charge in [0.25, 0.3) is 0 Å². The van der Waals surface area contributed by atoms with Crippen LogP contribution in [0.4, 0.5) is 15.8 Å². The molecule has 0 spiro atoms. The number of nitrogens with zero attached hydrogens (tertiary/aromatic N) is 7. The number of halogens is 1. The minimum absolute atomic E-state index is 0.0185. The van der Waals surface area contributed by atoms with E-state index in [1.807, 2.05) is 23.0 Å². The molecule has 0 aliphatic heterocycles. The van der Waals surface area contributed by atoms with E-state index in [0.29, 0.717) is 23.8 Å². The largest absolute Gasteiger partial charge is 0.383 e. The number of anilines is 2. The summed E-state index contributed by atoms with van der Waals surface area (Å²) in [5, 5.41) is 26.7. The van der Waals surface area contributed by atoms with Crippen molar-refractivity contribution in [1.29, 1.82) is 5.26 Å². The Labute approximate surface area is 237 Å². The number of rotatable bonds is 8. The highest BCUT2D eigenvalue weighted by molar-refractivity contribution is 6.04. The van der Waals surface area contributed by atoms with E-state index in [2.05, 4.69) is 57.8 Å². The zero-order valence-corrected chi connectivity index (χ0v) is 23.1. The van der Waals surface area contributed by atoms with Gasteiger partial charge in [-0.2, -0.15) is 5.26 Å². The van der Waals surface area contributed by atoms with Gasteiger partial charge in [-0.3, -0.25) is 4.98 Å². The summed E-state index contributed by atoms with van der Waals surface area (Å²) in [5.41, 5.74) is 5.81. The fourth-order valence-electron chi connectivity index (χ4n) is 4.76. The van der Waals surface area contributed by atoms with E-state index in [-0.39, 0.29) is 11.2 Å². The lowest BCUT2D eigenvalue weighted by Crippen LogP contribution is -2.20. The van der Waals surface area contributed by atoms with Gasteiger partial charge in [0, 0.05) is 47.3 Å². The molecule has 1 unspecified atom stereocenters. The first kappa shape index (κ1) is 26.3. The lowest BCUT2D eigenvalue weighted by atomic mass is 9.95. The molecule has 10 heteroatoms. The molecule has 1 aliphatic rings. The van der Waals surface area contributed by atoms with Crippen LogP contribution in [-0.4, -0.2) is 36.5 Å². The molecule has 0 radical (unpaired) electrons. The maximum Gasteiger partial charge on any atom is 0.123 e. The first-order chi connectivity index (χ1) is 19.8. The van der Waals surface area contributed by atoms with E-state index in [1.165, 1.54) is 18.5 Å². The van der Waals surface area contributed by atoms with Gasteiger partial charge in [-0.1, -0.05) is 38.1 Å². The van der Waals surface area contributed by atoms with Gasteiger partial charge in [0.15, 0.2) is 0 Å². The molecule has 6 rings (SSSR count). The molecule has 1 saturated carbocycles. The lowest BCUT2D eigenvalue weighted by molar-refractivity contribution is 0.443. The Bertz CT molecular complexity index is 1730. The molecule has 1 fully saturated rings. The summed E-state index contributed by atoms with van der Waals surface area (Å²) in [6, 6.07) is 12.6. The maximum atomic E-state index is 13.9. The van der Waals surface area contributed by atoms with Gasteiger partial charge in [0.05, 0.1) is 35.0 Å². The zero-order chi connectivity index (χ0) is 28.6. The highest BCUT2D eigenvalue weighted by Crippen LogP contribution is 2.38. The van der Waals surface area contributed by atoms with Crippen LogP contribution < -0.4 is 10.6 Å². The number of nitrogens with one attached hydrogen (secondary N) is 2. The van der Waals surface area contributed by atoms with Crippen LogP contribution in [0.3, 0.4) is 0 Å². The van der Waals surface area contributed by atoms with Crippen LogP contribution in [0.5, 0.6) is 0 Å². The molecule has 2 N–H and O–H groups in total. The summed E-state index contributed by atoms with van der Waals surface area (Å²) in [6.45, 7) is 7.07. The smallest absolute Gasteiger partial charge is 0.123 e.